The first-order valence-electron chi connectivity index (χ1n) is 7.19. The summed E-state index contributed by atoms with van der Waals surface area (Å²) in [4.78, 5) is 8.76. The Labute approximate surface area is 136 Å². The smallest absolute Gasteiger partial charge is 0.320 e. The summed E-state index contributed by atoms with van der Waals surface area (Å²) in [7, 11) is 2.36. The number of aromatic nitrogens is 2. The van der Waals surface area contributed by atoms with Gasteiger partial charge in [-0.1, -0.05) is 60.7 Å². The van der Waals surface area contributed by atoms with Crippen LogP contribution in [0.4, 0.5) is 0 Å². The van der Waals surface area contributed by atoms with Gasteiger partial charge in [-0.3, -0.25) is 0 Å². The van der Waals surface area contributed by atoms with Crippen molar-refractivity contribution in [2.24, 2.45) is 0 Å². The Morgan fingerprint density at radius 3 is 1.78 bits per heavy atom. The van der Waals surface area contributed by atoms with Gasteiger partial charge < -0.3 is 9.47 Å². The minimum absolute atomic E-state index is 0.318. The third-order valence-electron chi connectivity index (χ3n) is 3.32. The van der Waals surface area contributed by atoms with Gasteiger partial charge in [0.15, 0.2) is 0 Å². The first-order chi connectivity index (χ1) is 11.3. The van der Waals surface area contributed by atoms with Crippen LogP contribution < -0.4 is 25.5 Å². The molecule has 0 spiro atoms. The van der Waals surface area contributed by atoms with Crippen molar-refractivity contribution >= 4 is 24.0 Å². The van der Waals surface area contributed by atoms with Crippen molar-refractivity contribution < 1.29 is 9.47 Å². The van der Waals surface area contributed by atoms with Crippen LogP contribution in [0.1, 0.15) is 0 Å². The fraction of sp³-hybridized carbons (Fsp3) is 0.111. The summed E-state index contributed by atoms with van der Waals surface area (Å²) in [5.74, 6) is 0.506. The average Bonchev–Trinajstić information content (AvgIpc) is 2.63. The highest BCUT2D eigenvalue weighted by molar-refractivity contribution is 7.79. The Kier molecular flexibility index (Phi) is 4.84. The number of methoxy groups -OCH3 is 2. The van der Waals surface area contributed by atoms with Crippen molar-refractivity contribution in [1.82, 2.24) is 9.97 Å². The van der Waals surface area contributed by atoms with Gasteiger partial charge in [-0.2, -0.15) is 9.97 Å². The van der Waals surface area contributed by atoms with Gasteiger partial charge in [0.05, 0.1) is 19.7 Å². The molecule has 4 nitrogen and oxygen atoms in total. The van der Waals surface area contributed by atoms with E-state index in [2.05, 4.69) is 34.2 Å². The van der Waals surface area contributed by atoms with Crippen LogP contribution in [-0.4, -0.2) is 24.2 Å². The maximum Gasteiger partial charge on any atom is 0.320 e. The molecular weight excluding hydrogens is 307 g/mol. The molecule has 0 unspecified atom stereocenters. The minimum atomic E-state index is -0.801. The van der Waals surface area contributed by atoms with Crippen LogP contribution in [0.3, 0.4) is 0 Å². The average molecular weight is 324 g/mol. The van der Waals surface area contributed by atoms with Crippen LogP contribution in [-0.2, 0) is 0 Å². The molecule has 0 radical (unpaired) electrons. The Balaban J connectivity index is 2.16. The van der Waals surface area contributed by atoms with E-state index in [1.54, 1.807) is 14.2 Å². The zero-order valence-electron chi connectivity index (χ0n) is 13.0. The van der Waals surface area contributed by atoms with Crippen molar-refractivity contribution in [3.05, 3.63) is 66.7 Å². The summed E-state index contributed by atoms with van der Waals surface area (Å²) >= 11 is 0. The lowest BCUT2D eigenvalue weighted by molar-refractivity contribution is 0.353. The van der Waals surface area contributed by atoms with E-state index < -0.39 is 7.92 Å². The van der Waals surface area contributed by atoms with Crippen molar-refractivity contribution in [3.63, 3.8) is 0 Å². The molecule has 0 fully saturated rings. The third kappa shape index (κ3) is 3.49. The van der Waals surface area contributed by atoms with Crippen LogP contribution in [0, 0.1) is 0 Å². The molecule has 5 heteroatoms. The molecule has 2 aromatic carbocycles. The molecule has 23 heavy (non-hydrogen) atoms. The van der Waals surface area contributed by atoms with Crippen molar-refractivity contribution in [1.29, 1.82) is 0 Å². The second-order valence-electron chi connectivity index (χ2n) is 4.76. The van der Waals surface area contributed by atoms with E-state index in [9.17, 15) is 0 Å². The van der Waals surface area contributed by atoms with E-state index in [0.717, 1.165) is 5.44 Å². The van der Waals surface area contributed by atoms with Crippen molar-refractivity contribution in [2.75, 3.05) is 14.2 Å². The van der Waals surface area contributed by atoms with Crippen molar-refractivity contribution in [2.45, 2.75) is 0 Å². The van der Waals surface area contributed by atoms with Gasteiger partial charge >= 0.3 is 6.01 Å². The molecule has 0 aliphatic carbocycles. The molecule has 116 valence electrons. The molecule has 3 rings (SSSR count). The van der Waals surface area contributed by atoms with Gasteiger partial charge in [0.25, 0.3) is 0 Å². The van der Waals surface area contributed by atoms with Gasteiger partial charge in [0, 0.05) is 14.0 Å². The second-order valence-corrected chi connectivity index (χ2v) is 6.92. The Morgan fingerprint density at radius 2 is 1.30 bits per heavy atom. The van der Waals surface area contributed by atoms with Gasteiger partial charge in [-0.25, -0.2) is 0 Å². The predicted molar refractivity (Wildman–Crippen MR) is 93.8 cm³/mol. The fourth-order valence-electron chi connectivity index (χ4n) is 2.27. The van der Waals surface area contributed by atoms with E-state index in [1.165, 1.54) is 10.6 Å². The zero-order valence-corrected chi connectivity index (χ0v) is 13.9. The molecule has 1 heterocycles. The lowest BCUT2D eigenvalue weighted by atomic mass is 10.4. The highest BCUT2D eigenvalue weighted by Crippen LogP contribution is 2.33. The van der Waals surface area contributed by atoms with Crippen LogP contribution in [0.15, 0.2) is 66.7 Å². The standard InChI is InChI=1S/C18H17N2O2P/c1-21-16-13-17(20-18(19-16)22-2)23(14-9-5-3-6-10-14)15-11-7-4-8-12-15/h3-13H,1-2H3. The topological polar surface area (TPSA) is 44.2 Å². The fourth-order valence-corrected chi connectivity index (χ4v) is 4.46. The normalized spacial score (nSPS) is 10.6. The monoisotopic (exact) mass is 324 g/mol. The summed E-state index contributed by atoms with van der Waals surface area (Å²) in [6, 6.07) is 22.9. The lowest BCUT2D eigenvalue weighted by Crippen LogP contribution is -2.23. The number of nitrogens with zero attached hydrogens (tertiary/aromatic N) is 2. The van der Waals surface area contributed by atoms with E-state index >= 15 is 0 Å². The molecule has 1 aromatic heterocycles. The summed E-state index contributed by atoms with van der Waals surface area (Å²) in [6.07, 6.45) is 0. The second kappa shape index (κ2) is 7.21. The summed E-state index contributed by atoms with van der Waals surface area (Å²) in [5, 5.41) is 2.44. The van der Waals surface area contributed by atoms with Gasteiger partial charge in [-0.05, 0) is 10.6 Å². The SMILES string of the molecule is COc1cc(P(c2ccccc2)c2ccccc2)nc(OC)n1. The van der Waals surface area contributed by atoms with E-state index in [0.29, 0.717) is 11.9 Å². The Morgan fingerprint density at radius 1 is 0.739 bits per heavy atom. The number of rotatable bonds is 5. The molecule has 0 saturated heterocycles. The molecular formula is C18H17N2O2P. The molecule has 0 bridgehead atoms. The Hall–Kier alpha value is -2.45. The van der Waals surface area contributed by atoms with Crippen LogP contribution in [0.2, 0.25) is 0 Å². The van der Waals surface area contributed by atoms with Gasteiger partial charge in [-0.15, -0.1) is 0 Å². The highest BCUT2D eigenvalue weighted by atomic mass is 31.1. The number of ether oxygens (including phenoxy) is 2. The molecule has 0 aliphatic rings. The molecule has 0 amide bonds. The van der Waals surface area contributed by atoms with Crippen LogP contribution >= 0.6 is 7.92 Å². The first-order valence-corrected chi connectivity index (χ1v) is 8.53. The zero-order chi connectivity index (χ0) is 16.1. The first kappa shape index (κ1) is 15.4. The minimum Gasteiger partial charge on any atom is -0.481 e. The number of hydrogen-bond donors (Lipinski definition) is 0. The summed E-state index contributed by atoms with van der Waals surface area (Å²) in [5.41, 5.74) is 0.904. The molecule has 0 aliphatic heterocycles. The third-order valence-corrected chi connectivity index (χ3v) is 5.63. The van der Waals surface area contributed by atoms with Crippen LogP contribution in [0.25, 0.3) is 0 Å². The largest absolute Gasteiger partial charge is 0.481 e. The number of hydrogen-bond acceptors (Lipinski definition) is 4. The van der Waals surface area contributed by atoms with E-state index in [-0.39, 0.29) is 0 Å². The van der Waals surface area contributed by atoms with Crippen LogP contribution in [0.5, 0.6) is 11.9 Å². The highest BCUT2D eigenvalue weighted by Gasteiger charge is 2.20. The van der Waals surface area contributed by atoms with Gasteiger partial charge in [0.1, 0.15) is 0 Å². The summed E-state index contributed by atoms with van der Waals surface area (Å²) in [6.45, 7) is 0. The quantitative estimate of drug-likeness (QED) is 0.675. The molecule has 0 N–H and O–H groups in total. The molecule has 0 saturated carbocycles. The maximum absolute atomic E-state index is 5.30. The molecule has 3 aromatic rings. The Bertz CT molecular complexity index is 705. The van der Waals surface area contributed by atoms with Gasteiger partial charge in [0.2, 0.25) is 5.88 Å². The summed E-state index contributed by atoms with van der Waals surface area (Å²) < 4.78 is 10.5. The van der Waals surface area contributed by atoms with E-state index in [1.807, 2.05) is 42.5 Å². The van der Waals surface area contributed by atoms with E-state index in [4.69, 9.17) is 9.47 Å². The van der Waals surface area contributed by atoms with Crippen molar-refractivity contribution in [3.8, 4) is 11.9 Å². The lowest BCUT2D eigenvalue weighted by Gasteiger charge is -2.18. The number of benzene rings is 2. The maximum atomic E-state index is 5.30. The molecule has 0 atom stereocenters. The predicted octanol–water partition coefficient (Wildman–Crippen LogP) is 2.25.